The van der Waals surface area contributed by atoms with Crippen LogP contribution in [-0.2, 0) is 0 Å². The van der Waals surface area contributed by atoms with Crippen molar-refractivity contribution >= 4 is 6.29 Å². The van der Waals surface area contributed by atoms with Gasteiger partial charge in [0.05, 0.1) is 31.7 Å². The van der Waals surface area contributed by atoms with Gasteiger partial charge in [-0.1, -0.05) is 0 Å². The summed E-state index contributed by atoms with van der Waals surface area (Å²) in [6, 6.07) is 0. The Balaban J connectivity index is 3.36. The Labute approximate surface area is 76.5 Å². The van der Waals surface area contributed by atoms with E-state index in [0.29, 0.717) is 29.0 Å². The number of hydrogen-bond acceptors (Lipinski definition) is 4. The first-order valence-corrected chi connectivity index (χ1v) is 3.77. The first kappa shape index (κ1) is 9.51. The molecule has 0 aromatic carbocycles. The molecule has 0 aliphatic heterocycles. The van der Waals surface area contributed by atoms with Gasteiger partial charge in [0.1, 0.15) is 0 Å². The van der Waals surface area contributed by atoms with Crippen molar-refractivity contribution in [2.75, 3.05) is 14.2 Å². The molecule has 0 atom stereocenters. The second kappa shape index (κ2) is 3.89. The average Bonchev–Trinajstić information content (AvgIpc) is 2.17. The maximum absolute atomic E-state index is 10.7. The Morgan fingerprint density at radius 3 is 2.54 bits per heavy atom. The lowest BCUT2D eigenvalue weighted by Gasteiger charge is -2.09. The molecule has 0 aliphatic carbocycles. The van der Waals surface area contributed by atoms with Crippen molar-refractivity contribution in [1.29, 1.82) is 0 Å². The predicted molar refractivity (Wildman–Crippen MR) is 47.5 cm³/mol. The molecule has 0 N–H and O–H groups in total. The lowest BCUT2D eigenvalue weighted by molar-refractivity contribution is 0.111. The molecule has 1 aromatic rings. The summed E-state index contributed by atoms with van der Waals surface area (Å²) < 4.78 is 10.0. The Bertz CT molecular complexity index is 323. The largest absolute Gasteiger partial charge is 0.492 e. The minimum Gasteiger partial charge on any atom is -0.492 e. The van der Waals surface area contributed by atoms with Crippen LogP contribution in [0.3, 0.4) is 0 Å². The third-order valence-electron chi connectivity index (χ3n) is 1.78. The minimum atomic E-state index is 0.432. The normalized spacial score (nSPS) is 9.46. The monoisotopic (exact) mass is 181 g/mol. The maximum atomic E-state index is 10.7. The van der Waals surface area contributed by atoms with Gasteiger partial charge < -0.3 is 9.47 Å². The van der Waals surface area contributed by atoms with E-state index in [-0.39, 0.29) is 0 Å². The van der Waals surface area contributed by atoms with E-state index in [9.17, 15) is 4.79 Å². The Kier molecular flexibility index (Phi) is 2.84. The molecule has 0 aliphatic rings. The van der Waals surface area contributed by atoms with Crippen molar-refractivity contribution in [2.24, 2.45) is 0 Å². The van der Waals surface area contributed by atoms with Crippen molar-refractivity contribution < 1.29 is 14.3 Å². The van der Waals surface area contributed by atoms with Gasteiger partial charge in [0, 0.05) is 0 Å². The topological polar surface area (TPSA) is 48.4 Å². The number of rotatable bonds is 3. The van der Waals surface area contributed by atoms with Crippen LogP contribution in [-0.4, -0.2) is 25.5 Å². The SMILES string of the molecule is COc1cnc(C)c(C=O)c1OC. The molecule has 4 heteroatoms. The second-order valence-corrected chi connectivity index (χ2v) is 2.48. The molecule has 0 radical (unpaired) electrons. The number of aryl methyl sites for hydroxylation is 1. The van der Waals surface area contributed by atoms with Gasteiger partial charge in [-0.25, -0.2) is 0 Å². The van der Waals surface area contributed by atoms with Crippen molar-refractivity contribution in [2.45, 2.75) is 6.92 Å². The molecule has 70 valence electrons. The molecule has 1 rings (SSSR count). The first-order valence-electron chi connectivity index (χ1n) is 3.77. The molecule has 1 heterocycles. The van der Waals surface area contributed by atoms with Crippen LogP contribution < -0.4 is 9.47 Å². The van der Waals surface area contributed by atoms with Crippen molar-refractivity contribution in [3.8, 4) is 11.5 Å². The van der Waals surface area contributed by atoms with E-state index >= 15 is 0 Å². The van der Waals surface area contributed by atoms with Crippen LogP contribution in [0.2, 0.25) is 0 Å². The highest BCUT2D eigenvalue weighted by Crippen LogP contribution is 2.30. The Morgan fingerprint density at radius 1 is 1.38 bits per heavy atom. The summed E-state index contributed by atoms with van der Waals surface area (Å²) in [6.07, 6.45) is 2.24. The summed E-state index contributed by atoms with van der Waals surface area (Å²) in [5.74, 6) is 0.903. The van der Waals surface area contributed by atoms with Gasteiger partial charge in [-0.05, 0) is 6.92 Å². The molecule has 13 heavy (non-hydrogen) atoms. The van der Waals surface area contributed by atoms with Crippen molar-refractivity contribution in [3.05, 3.63) is 17.5 Å². The zero-order chi connectivity index (χ0) is 9.84. The third kappa shape index (κ3) is 1.61. The van der Waals surface area contributed by atoms with Gasteiger partial charge in [-0.15, -0.1) is 0 Å². The summed E-state index contributed by atoms with van der Waals surface area (Å²) in [4.78, 5) is 14.7. The van der Waals surface area contributed by atoms with Crippen LogP contribution in [0.15, 0.2) is 6.20 Å². The van der Waals surface area contributed by atoms with E-state index in [1.807, 2.05) is 0 Å². The lowest BCUT2D eigenvalue weighted by Crippen LogP contribution is -1.99. The van der Waals surface area contributed by atoms with Gasteiger partial charge in [0.25, 0.3) is 0 Å². The van der Waals surface area contributed by atoms with Gasteiger partial charge in [0.2, 0.25) is 0 Å². The number of nitrogens with zero attached hydrogens (tertiary/aromatic N) is 1. The highest BCUT2D eigenvalue weighted by atomic mass is 16.5. The van der Waals surface area contributed by atoms with Crippen molar-refractivity contribution in [3.63, 3.8) is 0 Å². The van der Waals surface area contributed by atoms with Crippen LogP contribution in [0.25, 0.3) is 0 Å². The van der Waals surface area contributed by atoms with E-state index in [4.69, 9.17) is 9.47 Å². The van der Waals surface area contributed by atoms with Crippen LogP contribution >= 0.6 is 0 Å². The molecule has 0 spiro atoms. The standard InChI is InChI=1S/C9H11NO3/c1-6-7(5-11)9(13-3)8(12-2)4-10-6/h4-5H,1-3H3. The molecule has 0 saturated carbocycles. The fourth-order valence-corrected chi connectivity index (χ4v) is 1.08. The number of pyridine rings is 1. The van der Waals surface area contributed by atoms with E-state index in [2.05, 4.69) is 4.98 Å². The Morgan fingerprint density at radius 2 is 2.08 bits per heavy atom. The van der Waals surface area contributed by atoms with Crippen LogP contribution in [0.5, 0.6) is 11.5 Å². The number of hydrogen-bond donors (Lipinski definition) is 0. The quantitative estimate of drug-likeness (QED) is 0.658. The number of ether oxygens (including phenoxy) is 2. The average molecular weight is 181 g/mol. The number of carbonyl (C=O) groups excluding carboxylic acids is 1. The maximum Gasteiger partial charge on any atom is 0.179 e. The highest BCUT2D eigenvalue weighted by molar-refractivity contribution is 5.82. The zero-order valence-corrected chi connectivity index (χ0v) is 7.83. The zero-order valence-electron chi connectivity index (χ0n) is 7.83. The predicted octanol–water partition coefficient (Wildman–Crippen LogP) is 1.22. The van der Waals surface area contributed by atoms with Gasteiger partial charge >= 0.3 is 0 Å². The van der Waals surface area contributed by atoms with Crippen LogP contribution in [0, 0.1) is 6.92 Å². The van der Waals surface area contributed by atoms with Gasteiger partial charge in [-0.2, -0.15) is 0 Å². The molecule has 0 unspecified atom stereocenters. The van der Waals surface area contributed by atoms with E-state index in [0.717, 1.165) is 0 Å². The van der Waals surface area contributed by atoms with E-state index < -0.39 is 0 Å². The minimum absolute atomic E-state index is 0.432. The Hall–Kier alpha value is -1.58. The molecular weight excluding hydrogens is 170 g/mol. The molecule has 0 amide bonds. The smallest absolute Gasteiger partial charge is 0.179 e. The number of carbonyl (C=O) groups is 1. The summed E-state index contributed by atoms with van der Waals surface area (Å²) in [5.41, 5.74) is 1.06. The summed E-state index contributed by atoms with van der Waals surface area (Å²) >= 11 is 0. The third-order valence-corrected chi connectivity index (χ3v) is 1.78. The fraction of sp³-hybridized carbons (Fsp3) is 0.333. The van der Waals surface area contributed by atoms with Gasteiger partial charge in [0.15, 0.2) is 17.8 Å². The summed E-state index contributed by atoms with van der Waals surface area (Å²) in [6.45, 7) is 1.74. The molecule has 1 aromatic heterocycles. The highest BCUT2D eigenvalue weighted by Gasteiger charge is 2.12. The molecule has 0 fully saturated rings. The second-order valence-electron chi connectivity index (χ2n) is 2.48. The first-order chi connectivity index (χ1) is 6.24. The van der Waals surface area contributed by atoms with Crippen molar-refractivity contribution in [1.82, 2.24) is 4.98 Å². The lowest BCUT2D eigenvalue weighted by atomic mass is 10.2. The van der Waals surface area contributed by atoms with Gasteiger partial charge in [-0.3, -0.25) is 9.78 Å². The molecule has 4 nitrogen and oxygen atoms in total. The molecule has 0 saturated heterocycles. The fourth-order valence-electron chi connectivity index (χ4n) is 1.08. The molecular formula is C9H11NO3. The summed E-state index contributed by atoms with van der Waals surface area (Å²) in [5, 5.41) is 0. The van der Waals surface area contributed by atoms with Crippen LogP contribution in [0.4, 0.5) is 0 Å². The number of aromatic nitrogens is 1. The number of aldehydes is 1. The van der Waals surface area contributed by atoms with E-state index in [1.165, 1.54) is 20.4 Å². The number of methoxy groups -OCH3 is 2. The molecule has 0 bridgehead atoms. The summed E-state index contributed by atoms with van der Waals surface area (Å²) in [7, 11) is 2.99. The van der Waals surface area contributed by atoms with Crippen LogP contribution in [0.1, 0.15) is 16.1 Å². The van der Waals surface area contributed by atoms with E-state index in [1.54, 1.807) is 6.92 Å².